The Morgan fingerprint density at radius 1 is 1.46 bits per heavy atom. The number of carbonyl (C=O) groups is 1. The molecule has 2 rings (SSSR count). The van der Waals surface area contributed by atoms with E-state index in [1.54, 1.807) is 6.08 Å². The van der Waals surface area contributed by atoms with Crippen molar-refractivity contribution in [2.24, 2.45) is 0 Å². The van der Waals surface area contributed by atoms with Gasteiger partial charge in [0.1, 0.15) is 0 Å². The van der Waals surface area contributed by atoms with Crippen molar-refractivity contribution in [1.29, 1.82) is 0 Å². The van der Waals surface area contributed by atoms with Crippen molar-refractivity contribution in [3.8, 4) is 0 Å². The Bertz CT molecular complexity index is 714. The third-order valence-electron chi connectivity index (χ3n) is 3.45. The number of nitrogens with zero attached hydrogens (tertiary/aromatic N) is 2. The molecule has 1 heterocycles. The van der Waals surface area contributed by atoms with Gasteiger partial charge in [0.05, 0.1) is 5.25 Å². The second-order valence-electron chi connectivity index (χ2n) is 5.25. The van der Waals surface area contributed by atoms with E-state index in [1.165, 1.54) is 34.2 Å². The Morgan fingerprint density at radius 2 is 2.25 bits per heavy atom. The zero-order valence-corrected chi connectivity index (χ0v) is 15.8. The molecule has 0 radical (unpaired) electrons. The Morgan fingerprint density at radius 3 is 2.96 bits per heavy atom. The van der Waals surface area contributed by atoms with Crippen LogP contribution in [0.4, 0.5) is 10.8 Å². The van der Waals surface area contributed by atoms with Crippen molar-refractivity contribution in [2.75, 3.05) is 11.9 Å². The normalized spacial score (nSPS) is 11.8. The molecule has 1 aromatic heterocycles. The molecule has 0 saturated carbocycles. The van der Waals surface area contributed by atoms with Crippen LogP contribution < -0.4 is 10.6 Å². The summed E-state index contributed by atoms with van der Waals surface area (Å²) in [6.07, 6.45) is 2.61. The van der Waals surface area contributed by atoms with Gasteiger partial charge in [-0.1, -0.05) is 54.3 Å². The number of para-hydroxylation sites is 1. The molecule has 0 aliphatic rings. The van der Waals surface area contributed by atoms with Crippen molar-refractivity contribution in [2.45, 2.75) is 36.8 Å². The van der Waals surface area contributed by atoms with Crippen LogP contribution in [0.2, 0.25) is 0 Å². The predicted molar refractivity (Wildman–Crippen MR) is 102 cm³/mol. The summed E-state index contributed by atoms with van der Waals surface area (Å²) in [5.41, 5.74) is 3.51. The Kier molecular flexibility index (Phi) is 6.81. The molecule has 0 aliphatic heterocycles. The molecule has 128 valence electrons. The number of nitrogens with one attached hydrogen (secondary N) is 2. The van der Waals surface area contributed by atoms with Gasteiger partial charge in [0, 0.05) is 12.2 Å². The molecule has 0 aliphatic carbocycles. The molecule has 5 nitrogen and oxygen atoms in total. The van der Waals surface area contributed by atoms with Crippen LogP contribution in [0.5, 0.6) is 0 Å². The van der Waals surface area contributed by atoms with E-state index in [1.807, 2.05) is 6.92 Å². The summed E-state index contributed by atoms with van der Waals surface area (Å²) in [6.45, 7) is 10.1. The van der Waals surface area contributed by atoms with Gasteiger partial charge < -0.3 is 10.6 Å². The largest absolute Gasteiger partial charge is 0.352 e. The van der Waals surface area contributed by atoms with Crippen LogP contribution in [0.3, 0.4) is 0 Å². The summed E-state index contributed by atoms with van der Waals surface area (Å²) < 4.78 is 0.769. The summed E-state index contributed by atoms with van der Waals surface area (Å²) in [4.78, 5) is 11.9. The third kappa shape index (κ3) is 4.82. The average molecular weight is 363 g/mol. The molecule has 2 N–H and O–H groups in total. The van der Waals surface area contributed by atoms with E-state index in [9.17, 15) is 4.79 Å². The smallest absolute Gasteiger partial charge is 0.233 e. The second-order valence-corrected chi connectivity index (χ2v) is 7.82. The molecule has 0 bridgehead atoms. The first-order chi connectivity index (χ1) is 11.5. The number of aromatic nitrogens is 2. The van der Waals surface area contributed by atoms with Gasteiger partial charge in [-0.25, -0.2) is 0 Å². The summed E-state index contributed by atoms with van der Waals surface area (Å²) in [5.74, 6) is -0.0308. The van der Waals surface area contributed by atoms with Crippen molar-refractivity contribution in [3.05, 3.63) is 42.0 Å². The summed E-state index contributed by atoms with van der Waals surface area (Å²) in [6, 6.07) is 6.24. The first-order valence-electron chi connectivity index (χ1n) is 7.79. The quantitative estimate of drug-likeness (QED) is 0.550. The SMILES string of the molecule is C=CCNC(=O)C(C)Sc1nnc(Nc2c(C)cccc2CC)s1. The molecule has 1 unspecified atom stereocenters. The van der Waals surface area contributed by atoms with Crippen molar-refractivity contribution in [1.82, 2.24) is 15.5 Å². The Balaban J connectivity index is 2.04. The fourth-order valence-corrected chi connectivity index (χ4v) is 4.06. The van der Waals surface area contributed by atoms with Gasteiger partial charge in [-0.2, -0.15) is 0 Å². The van der Waals surface area contributed by atoms with Crippen molar-refractivity contribution < 1.29 is 4.79 Å². The van der Waals surface area contributed by atoms with Gasteiger partial charge in [-0.05, 0) is 31.4 Å². The highest BCUT2D eigenvalue weighted by atomic mass is 32.2. The fraction of sp³-hybridized carbons (Fsp3) is 0.353. The van der Waals surface area contributed by atoms with Gasteiger partial charge in [0.25, 0.3) is 0 Å². The van der Waals surface area contributed by atoms with E-state index >= 15 is 0 Å². The van der Waals surface area contributed by atoms with Crippen LogP contribution in [-0.2, 0) is 11.2 Å². The van der Waals surface area contributed by atoms with Gasteiger partial charge >= 0.3 is 0 Å². The number of amides is 1. The lowest BCUT2D eigenvalue weighted by atomic mass is 10.1. The maximum absolute atomic E-state index is 11.9. The molecule has 24 heavy (non-hydrogen) atoms. The number of thioether (sulfide) groups is 1. The first kappa shape index (κ1) is 18.5. The molecule has 1 atom stereocenters. The van der Waals surface area contributed by atoms with E-state index in [-0.39, 0.29) is 11.2 Å². The summed E-state index contributed by atoms with van der Waals surface area (Å²) in [5, 5.41) is 15.0. The van der Waals surface area contributed by atoms with Crippen LogP contribution in [0.1, 0.15) is 25.0 Å². The summed E-state index contributed by atoms with van der Waals surface area (Å²) in [7, 11) is 0. The van der Waals surface area contributed by atoms with E-state index in [0.717, 1.165) is 21.6 Å². The van der Waals surface area contributed by atoms with E-state index < -0.39 is 0 Å². The van der Waals surface area contributed by atoms with Crippen LogP contribution >= 0.6 is 23.1 Å². The molecular weight excluding hydrogens is 340 g/mol. The number of carbonyl (C=O) groups excluding carboxylic acids is 1. The molecular formula is C17H22N4OS2. The predicted octanol–water partition coefficient (Wildman–Crippen LogP) is 3.94. The highest BCUT2D eigenvalue weighted by Gasteiger charge is 2.17. The minimum Gasteiger partial charge on any atom is -0.352 e. The number of hydrogen-bond donors (Lipinski definition) is 2. The molecule has 1 amide bonds. The number of aryl methyl sites for hydroxylation is 2. The van der Waals surface area contributed by atoms with Crippen LogP contribution in [0.25, 0.3) is 0 Å². The first-order valence-corrected chi connectivity index (χ1v) is 9.49. The minimum atomic E-state index is -0.226. The van der Waals surface area contributed by atoms with Crippen LogP contribution in [0.15, 0.2) is 35.2 Å². The van der Waals surface area contributed by atoms with Gasteiger partial charge in [-0.3, -0.25) is 4.79 Å². The molecule has 7 heteroatoms. The van der Waals surface area contributed by atoms with Crippen LogP contribution in [-0.4, -0.2) is 27.9 Å². The average Bonchev–Trinajstić information content (AvgIpc) is 3.01. The number of hydrogen-bond acceptors (Lipinski definition) is 6. The lowest BCUT2D eigenvalue weighted by Crippen LogP contribution is -2.30. The van der Waals surface area contributed by atoms with Crippen molar-refractivity contribution in [3.63, 3.8) is 0 Å². The topological polar surface area (TPSA) is 66.9 Å². The van der Waals surface area contributed by atoms with Gasteiger partial charge in [-0.15, -0.1) is 16.8 Å². The second kappa shape index (κ2) is 8.84. The van der Waals surface area contributed by atoms with Crippen molar-refractivity contribution >= 4 is 39.8 Å². The molecule has 0 saturated heterocycles. The van der Waals surface area contributed by atoms with Crippen LogP contribution in [0, 0.1) is 6.92 Å². The maximum atomic E-state index is 11.9. The number of anilines is 2. The highest BCUT2D eigenvalue weighted by molar-refractivity contribution is 8.02. The van der Waals surface area contributed by atoms with E-state index in [4.69, 9.17) is 0 Å². The monoisotopic (exact) mass is 362 g/mol. The lowest BCUT2D eigenvalue weighted by molar-refractivity contribution is -0.120. The minimum absolute atomic E-state index is 0.0308. The lowest BCUT2D eigenvalue weighted by Gasteiger charge is -2.11. The number of rotatable bonds is 8. The zero-order valence-electron chi connectivity index (χ0n) is 14.1. The zero-order chi connectivity index (χ0) is 17.5. The van der Waals surface area contributed by atoms with E-state index in [0.29, 0.717) is 6.54 Å². The Hall–Kier alpha value is -1.86. The summed E-state index contributed by atoms with van der Waals surface area (Å²) >= 11 is 2.86. The third-order valence-corrected chi connectivity index (χ3v) is 5.47. The molecule has 0 fully saturated rings. The molecule has 1 aromatic carbocycles. The van der Waals surface area contributed by atoms with Gasteiger partial charge in [0.2, 0.25) is 11.0 Å². The standard InChI is InChI=1S/C17H22N4OS2/c1-5-10-18-15(22)12(4)23-17-21-20-16(24-17)19-14-11(3)8-7-9-13(14)6-2/h5,7-9,12H,1,6,10H2,2-4H3,(H,18,22)(H,19,20). The highest BCUT2D eigenvalue weighted by Crippen LogP contribution is 2.32. The van der Waals surface area contributed by atoms with Gasteiger partial charge in [0.15, 0.2) is 4.34 Å². The molecule has 2 aromatic rings. The van der Waals surface area contributed by atoms with E-state index in [2.05, 4.69) is 59.5 Å². The fourth-order valence-electron chi connectivity index (χ4n) is 2.14. The Labute approximate surface area is 151 Å². The maximum Gasteiger partial charge on any atom is 0.233 e. The molecule has 0 spiro atoms. The number of benzene rings is 1.